The lowest BCUT2D eigenvalue weighted by Gasteiger charge is -2.17. The van der Waals surface area contributed by atoms with Crippen LogP contribution < -0.4 is 9.47 Å². The van der Waals surface area contributed by atoms with Crippen LogP contribution in [0.15, 0.2) is 30.5 Å². The van der Waals surface area contributed by atoms with Gasteiger partial charge in [-0.15, -0.1) is 5.10 Å². The highest BCUT2D eigenvalue weighted by Crippen LogP contribution is 2.26. The predicted octanol–water partition coefficient (Wildman–Crippen LogP) is 2.96. The number of rotatable bonds is 7. The zero-order valence-electron chi connectivity index (χ0n) is 13.9. The number of carbonyl (C=O) groups is 1. The Morgan fingerprint density at radius 1 is 1.30 bits per heavy atom. The molecule has 2 rings (SSSR count). The van der Waals surface area contributed by atoms with Gasteiger partial charge >= 0.3 is 5.97 Å². The normalized spacial score (nSPS) is 10.7. The SMILES string of the molecule is CCOC(=O)c1cccc(OC(C)C)c1COc1ccn(C)n1. The Morgan fingerprint density at radius 3 is 2.70 bits per heavy atom. The van der Waals surface area contributed by atoms with Gasteiger partial charge in [0.2, 0.25) is 5.88 Å². The van der Waals surface area contributed by atoms with Crippen LogP contribution in [0.2, 0.25) is 0 Å². The summed E-state index contributed by atoms with van der Waals surface area (Å²) in [6.07, 6.45) is 1.78. The highest BCUT2D eigenvalue weighted by Gasteiger charge is 2.18. The first kappa shape index (κ1) is 16.9. The molecule has 0 aliphatic heterocycles. The van der Waals surface area contributed by atoms with Crippen molar-refractivity contribution in [1.82, 2.24) is 9.78 Å². The van der Waals surface area contributed by atoms with Gasteiger partial charge in [0.15, 0.2) is 0 Å². The molecule has 1 heterocycles. The van der Waals surface area contributed by atoms with E-state index in [2.05, 4.69) is 5.10 Å². The first-order valence-corrected chi connectivity index (χ1v) is 7.59. The summed E-state index contributed by atoms with van der Waals surface area (Å²) in [7, 11) is 1.81. The van der Waals surface area contributed by atoms with Gasteiger partial charge in [0.25, 0.3) is 0 Å². The van der Waals surface area contributed by atoms with Gasteiger partial charge in [0, 0.05) is 24.9 Å². The van der Waals surface area contributed by atoms with E-state index in [0.717, 1.165) is 0 Å². The molecular weight excluding hydrogens is 296 g/mol. The van der Waals surface area contributed by atoms with Crippen molar-refractivity contribution in [3.63, 3.8) is 0 Å². The van der Waals surface area contributed by atoms with Crippen molar-refractivity contribution < 1.29 is 19.0 Å². The largest absolute Gasteiger partial charge is 0.491 e. The molecule has 0 bridgehead atoms. The Hall–Kier alpha value is -2.50. The molecule has 124 valence electrons. The maximum absolute atomic E-state index is 12.2. The number of ether oxygens (including phenoxy) is 3. The van der Waals surface area contributed by atoms with Crippen LogP contribution >= 0.6 is 0 Å². The van der Waals surface area contributed by atoms with E-state index in [0.29, 0.717) is 29.4 Å². The van der Waals surface area contributed by atoms with E-state index in [9.17, 15) is 4.79 Å². The first-order chi connectivity index (χ1) is 11.0. The average Bonchev–Trinajstić information content (AvgIpc) is 2.91. The van der Waals surface area contributed by atoms with E-state index in [1.165, 1.54) is 0 Å². The van der Waals surface area contributed by atoms with Crippen LogP contribution in [0, 0.1) is 0 Å². The second kappa shape index (κ2) is 7.67. The Labute approximate surface area is 136 Å². The van der Waals surface area contributed by atoms with Crippen molar-refractivity contribution >= 4 is 5.97 Å². The van der Waals surface area contributed by atoms with E-state index in [1.807, 2.05) is 27.0 Å². The third-order valence-electron chi connectivity index (χ3n) is 3.04. The quantitative estimate of drug-likeness (QED) is 0.734. The van der Waals surface area contributed by atoms with Gasteiger partial charge < -0.3 is 14.2 Å². The zero-order valence-corrected chi connectivity index (χ0v) is 13.9. The van der Waals surface area contributed by atoms with Crippen molar-refractivity contribution in [3.05, 3.63) is 41.6 Å². The number of aryl methyl sites for hydroxylation is 1. The Bertz CT molecular complexity index is 664. The monoisotopic (exact) mass is 318 g/mol. The van der Waals surface area contributed by atoms with Gasteiger partial charge in [-0.25, -0.2) is 4.79 Å². The number of carbonyl (C=O) groups excluding carboxylic acids is 1. The standard InChI is InChI=1S/C17H22N2O4/c1-5-21-17(20)13-7-6-8-15(23-12(2)3)14(13)11-22-16-9-10-19(4)18-16/h6-10,12H,5,11H2,1-4H3. The first-order valence-electron chi connectivity index (χ1n) is 7.59. The topological polar surface area (TPSA) is 62.6 Å². The van der Waals surface area contributed by atoms with Crippen molar-refractivity contribution in [2.75, 3.05) is 6.61 Å². The number of esters is 1. The average molecular weight is 318 g/mol. The smallest absolute Gasteiger partial charge is 0.338 e. The number of hydrogen-bond donors (Lipinski definition) is 0. The lowest BCUT2D eigenvalue weighted by molar-refractivity contribution is 0.0522. The zero-order chi connectivity index (χ0) is 16.8. The summed E-state index contributed by atoms with van der Waals surface area (Å²) >= 11 is 0. The summed E-state index contributed by atoms with van der Waals surface area (Å²) in [5.74, 6) is 0.712. The number of hydrogen-bond acceptors (Lipinski definition) is 5. The molecule has 1 aromatic carbocycles. The summed E-state index contributed by atoms with van der Waals surface area (Å²) in [6.45, 7) is 6.12. The molecule has 1 aromatic heterocycles. The fourth-order valence-electron chi connectivity index (χ4n) is 2.10. The molecular formula is C17H22N2O4. The van der Waals surface area contributed by atoms with Crippen LogP contribution in [-0.4, -0.2) is 28.5 Å². The highest BCUT2D eigenvalue weighted by molar-refractivity contribution is 5.91. The molecule has 2 aromatic rings. The molecule has 0 aliphatic carbocycles. The summed E-state index contributed by atoms with van der Waals surface area (Å²) in [5, 5.41) is 4.16. The molecule has 6 heteroatoms. The fraction of sp³-hybridized carbons (Fsp3) is 0.412. The van der Waals surface area contributed by atoms with Crippen LogP contribution in [0.4, 0.5) is 0 Å². The summed E-state index contributed by atoms with van der Waals surface area (Å²) in [6, 6.07) is 7.06. The molecule has 0 saturated carbocycles. The van der Waals surface area contributed by atoms with Gasteiger partial charge in [-0.05, 0) is 32.9 Å². The van der Waals surface area contributed by atoms with Crippen LogP contribution in [0.3, 0.4) is 0 Å². The van der Waals surface area contributed by atoms with Crippen LogP contribution in [0.5, 0.6) is 11.6 Å². The van der Waals surface area contributed by atoms with Crippen molar-refractivity contribution in [2.24, 2.45) is 7.05 Å². The second-order valence-electron chi connectivity index (χ2n) is 5.29. The van der Waals surface area contributed by atoms with Gasteiger partial charge in [0.1, 0.15) is 12.4 Å². The fourth-order valence-corrected chi connectivity index (χ4v) is 2.10. The minimum Gasteiger partial charge on any atom is -0.491 e. The molecule has 23 heavy (non-hydrogen) atoms. The van der Waals surface area contributed by atoms with E-state index in [4.69, 9.17) is 14.2 Å². The molecule has 0 N–H and O–H groups in total. The lowest BCUT2D eigenvalue weighted by atomic mass is 10.1. The van der Waals surface area contributed by atoms with E-state index >= 15 is 0 Å². The molecule has 0 spiro atoms. The lowest BCUT2D eigenvalue weighted by Crippen LogP contribution is -2.14. The van der Waals surface area contributed by atoms with Crippen LogP contribution in [0.25, 0.3) is 0 Å². The van der Waals surface area contributed by atoms with Crippen molar-refractivity contribution in [1.29, 1.82) is 0 Å². The van der Waals surface area contributed by atoms with Gasteiger partial charge in [-0.2, -0.15) is 0 Å². The maximum atomic E-state index is 12.2. The third kappa shape index (κ3) is 4.48. The Balaban J connectivity index is 2.29. The molecule has 0 amide bonds. The molecule has 0 unspecified atom stereocenters. The van der Waals surface area contributed by atoms with Crippen LogP contribution in [-0.2, 0) is 18.4 Å². The van der Waals surface area contributed by atoms with E-state index in [1.54, 1.807) is 36.0 Å². The number of aromatic nitrogens is 2. The van der Waals surface area contributed by atoms with Crippen molar-refractivity contribution in [2.45, 2.75) is 33.5 Å². The van der Waals surface area contributed by atoms with E-state index in [-0.39, 0.29) is 18.7 Å². The minimum atomic E-state index is -0.388. The molecule has 0 atom stereocenters. The minimum absolute atomic E-state index is 0.0129. The summed E-state index contributed by atoms with van der Waals surface area (Å²) in [4.78, 5) is 12.2. The Morgan fingerprint density at radius 2 is 2.09 bits per heavy atom. The molecule has 0 radical (unpaired) electrons. The predicted molar refractivity (Wildman–Crippen MR) is 85.7 cm³/mol. The molecule has 6 nitrogen and oxygen atoms in total. The maximum Gasteiger partial charge on any atom is 0.338 e. The second-order valence-corrected chi connectivity index (χ2v) is 5.29. The van der Waals surface area contributed by atoms with Crippen molar-refractivity contribution in [3.8, 4) is 11.6 Å². The van der Waals surface area contributed by atoms with Gasteiger partial charge in [-0.1, -0.05) is 6.07 Å². The van der Waals surface area contributed by atoms with Gasteiger partial charge in [0.05, 0.1) is 18.3 Å². The summed E-state index contributed by atoms with van der Waals surface area (Å²) in [5.41, 5.74) is 1.10. The highest BCUT2D eigenvalue weighted by atomic mass is 16.5. The molecule has 0 fully saturated rings. The number of nitrogens with zero attached hydrogens (tertiary/aromatic N) is 2. The molecule has 0 saturated heterocycles. The molecule has 0 aliphatic rings. The Kier molecular flexibility index (Phi) is 5.62. The summed E-state index contributed by atoms with van der Waals surface area (Å²) < 4.78 is 18.2. The van der Waals surface area contributed by atoms with E-state index < -0.39 is 0 Å². The number of benzene rings is 1. The van der Waals surface area contributed by atoms with Gasteiger partial charge in [-0.3, -0.25) is 4.68 Å². The van der Waals surface area contributed by atoms with Crippen LogP contribution in [0.1, 0.15) is 36.7 Å². The third-order valence-corrected chi connectivity index (χ3v) is 3.04.